The summed E-state index contributed by atoms with van der Waals surface area (Å²) in [5.74, 6) is 0. The van der Waals surface area contributed by atoms with E-state index in [1.165, 1.54) is 17.3 Å². The molecule has 2 bridgehead atoms. The van der Waals surface area contributed by atoms with Gasteiger partial charge in [-0.25, -0.2) is 9.97 Å². The minimum atomic E-state index is -4.36. The van der Waals surface area contributed by atoms with Gasteiger partial charge in [-0.15, -0.1) is 0 Å². The number of likely N-dealkylation sites (N-methyl/N-ethyl adjacent to an activating group) is 1. The highest BCUT2D eigenvalue weighted by Crippen LogP contribution is 2.35. The first-order chi connectivity index (χ1) is 13.3. The maximum Gasteiger partial charge on any atom is 0.406 e. The molecule has 0 spiro atoms. The zero-order chi connectivity index (χ0) is 19.6. The van der Waals surface area contributed by atoms with E-state index in [0.29, 0.717) is 28.5 Å². The molecule has 6 rings (SSSR count). The zero-order valence-corrected chi connectivity index (χ0v) is 16.0. The van der Waals surface area contributed by atoms with E-state index in [1.807, 2.05) is 12.1 Å². The molecule has 0 radical (unpaired) electrons. The van der Waals surface area contributed by atoms with Gasteiger partial charge < -0.3 is 4.57 Å². The Hall–Kier alpha value is -1.90. The molecule has 0 saturated carbocycles. The van der Waals surface area contributed by atoms with Crippen LogP contribution in [0.1, 0.15) is 12.0 Å². The van der Waals surface area contributed by atoms with Crippen LogP contribution < -0.4 is 0 Å². The van der Waals surface area contributed by atoms with Gasteiger partial charge in [-0.3, -0.25) is 9.80 Å². The van der Waals surface area contributed by atoms with Crippen LogP contribution in [0.25, 0.3) is 21.9 Å². The Kier molecular flexibility index (Phi) is 4.08. The van der Waals surface area contributed by atoms with Crippen LogP contribution in [0.3, 0.4) is 0 Å². The number of nitrogens with zero attached hydrogens (tertiary/aromatic N) is 5. The summed E-state index contributed by atoms with van der Waals surface area (Å²) in [5, 5.41) is 0.714. The number of halogens is 4. The largest absolute Gasteiger partial charge is 0.406 e. The number of fused-ring (bicyclic) bond motifs is 5. The third-order valence-electron chi connectivity index (χ3n) is 6.03. The molecule has 5 nitrogen and oxygen atoms in total. The molecule has 148 valence electrons. The number of piperazine rings is 1. The molecule has 28 heavy (non-hydrogen) atoms. The Morgan fingerprint density at radius 1 is 1.18 bits per heavy atom. The predicted octanol–water partition coefficient (Wildman–Crippen LogP) is 3.69. The van der Waals surface area contributed by atoms with E-state index < -0.39 is 12.7 Å². The average Bonchev–Trinajstić information content (AvgIpc) is 2.94. The van der Waals surface area contributed by atoms with Gasteiger partial charge >= 0.3 is 6.18 Å². The minimum Gasteiger partial charge on any atom is -0.327 e. The lowest BCUT2D eigenvalue weighted by Gasteiger charge is -2.55. The van der Waals surface area contributed by atoms with E-state index in [1.54, 1.807) is 6.07 Å². The Morgan fingerprint density at radius 3 is 2.61 bits per heavy atom. The number of piperidine rings is 1. The summed E-state index contributed by atoms with van der Waals surface area (Å²) in [4.78, 5) is 13.0. The summed E-state index contributed by atoms with van der Waals surface area (Å²) in [6, 6.07) is 6.81. The van der Waals surface area contributed by atoms with Gasteiger partial charge in [0.2, 0.25) is 0 Å². The summed E-state index contributed by atoms with van der Waals surface area (Å²) in [7, 11) is 2.17. The summed E-state index contributed by atoms with van der Waals surface area (Å²) >= 11 is 6.14. The second kappa shape index (κ2) is 6.30. The van der Waals surface area contributed by atoms with Gasteiger partial charge in [0, 0.05) is 37.1 Å². The maximum atomic E-state index is 13.2. The van der Waals surface area contributed by atoms with E-state index in [9.17, 15) is 13.2 Å². The summed E-state index contributed by atoms with van der Waals surface area (Å²) in [6.45, 7) is 1.70. The standard InChI is InChI=1S/C19H19ClF3N5/c1-26-12-5-13(26)8-27(7-12)6-11-2-3-15-14(4-11)16-17(18(20)25-10-24-16)28(15)9-19(21,22)23/h2-4,10,12-13H,5-9H2,1H3. The molecule has 9 heteroatoms. The van der Waals surface area contributed by atoms with Crippen LogP contribution in [0.2, 0.25) is 5.15 Å². The number of rotatable bonds is 3. The maximum absolute atomic E-state index is 13.2. The van der Waals surface area contributed by atoms with Crippen LogP contribution in [0.4, 0.5) is 13.2 Å². The molecule has 2 atom stereocenters. The molecule has 0 N–H and O–H groups in total. The molecule has 0 amide bonds. The number of alkyl halides is 3. The SMILES string of the molecule is CN1C2CC1CN(Cc1ccc3c(c1)c1ncnc(Cl)c1n3CC(F)(F)F)C2. The van der Waals surface area contributed by atoms with Gasteiger partial charge in [0.15, 0.2) is 5.15 Å². The minimum absolute atomic E-state index is 0.0335. The fraction of sp³-hybridized carbons (Fsp3) is 0.474. The molecular weight excluding hydrogens is 391 g/mol. The molecule has 5 heterocycles. The summed E-state index contributed by atoms with van der Waals surface area (Å²) in [5.41, 5.74) is 2.23. The number of hydrogen-bond acceptors (Lipinski definition) is 4. The summed E-state index contributed by atoms with van der Waals surface area (Å²) < 4.78 is 40.6. The Balaban J connectivity index is 1.54. The van der Waals surface area contributed by atoms with Gasteiger partial charge in [0.1, 0.15) is 23.9 Å². The van der Waals surface area contributed by atoms with Gasteiger partial charge in [0.25, 0.3) is 0 Å². The van der Waals surface area contributed by atoms with Crippen LogP contribution in [0.5, 0.6) is 0 Å². The molecule has 3 aliphatic heterocycles. The van der Waals surface area contributed by atoms with Crippen molar-refractivity contribution in [2.75, 3.05) is 20.1 Å². The van der Waals surface area contributed by atoms with Crippen molar-refractivity contribution in [2.24, 2.45) is 0 Å². The lowest BCUT2D eigenvalue weighted by molar-refractivity contribution is -0.139. The highest BCUT2D eigenvalue weighted by molar-refractivity contribution is 6.34. The van der Waals surface area contributed by atoms with Crippen molar-refractivity contribution in [3.63, 3.8) is 0 Å². The van der Waals surface area contributed by atoms with Gasteiger partial charge in [0.05, 0.1) is 5.52 Å². The Bertz CT molecular complexity index is 1050. The van der Waals surface area contributed by atoms with Crippen molar-refractivity contribution in [2.45, 2.75) is 37.8 Å². The van der Waals surface area contributed by atoms with Gasteiger partial charge in [-0.2, -0.15) is 13.2 Å². The molecule has 3 aliphatic rings. The van der Waals surface area contributed by atoms with Crippen LogP contribution in [-0.2, 0) is 13.1 Å². The normalized spacial score (nSPS) is 23.5. The third-order valence-corrected chi connectivity index (χ3v) is 6.31. The van der Waals surface area contributed by atoms with Gasteiger partial charge in [-0.1, -0.05) is 17.7 Å². The fourth-order valence-electron chi connectivity index (χ4n) is 4.64. The van der Waals surface area contributed by atoms with E-state index >= 15 is 0 Å². The second-order valence-electron chi connectivity index (χ2n) is 7.82. The van der Waals surface area contributed by atoms with Crippen molar-refractivity contribution in [1.82, 2.24) is 24.3 Å². The Labute approximate surface area is 164 Å². The van der Waals surface area contributed by atoms with Crippen molar-refractivity contribution in [3.8, 4) is 0 Å². The number of aromatic nitrogens is 3. The van der Waals surface area contributed by atoms with Crippen LogP contribution in [-0.4, -0.2) is 62.7 Å². The van der Waals surface area contributed by atoms with Crippen molar-refractivity contribution >= 4 is 33.5 Å². The van der Waals surface area contributed by atoms with Crippen molar-refractivity contribution in [1.29, 1.82) is 0 Å². The molecule has 3 fully saturated rings. The quantitative estimate of drug-likeness (QED) is 0.618. The molecule has 2 aromatic heterocycles. The van der Waals surface area contributed by atoms with E-state index in [4.69, 9.17) is 11.6 Å². The third kappa shape index (κ3) is 2.94. The topological polar surface area (TPSA) is 37.2 Å². The van der Waals surface area contributed by atoms with Gasteiger partial charge in [-0.05, 0) is 31.2 Å². The van der Waals surface area contributed by atoms with Crippen molar-refractivity contribution in [3.05, 3.63) is 35.2 Å². The highest BCUT2D eigenvalue weighted by Gasteiger charge is 2.41. The smallest absolute Gasteiger partial charge is 0.327 e. The average molecular weight is 410 g/mol. The molecule has 2 unspecified atom stereocenters. The highest BCUT2D eigenvalue weighted by atomic mass is 35.5. The van der Waals surface area contributed by atoms with E-state index in [0.717, 1.165) is 25.2 Å². The first-order valence-corrected chi connectivity index (χ1v) is 9.60. The van der Waals surface area contributed by atoms with E-state index in [2.05, 4.69) is 26.8 Å². The molecule has 1 aromatic carbocycles. The first kappa shape index (κ1) is 18.1. The van der Waals surface area contributed by atoms with E-state index in [-0.39, 0.29) is 10.7 Å². The fourth-order valence-corrected chi connectivity index (χ4v) is 4.87. The lowest BCUT2D eigenvalue weighted by atomic mass is 9.88. The zero-order valence-electron chi connectivity index (χ0n) is 15.2. The molecule has 3 aromatic rings. The van der Waals surface area contributed by atoms with Crippen LogP contribution >= 0.6 is 11.6 Å². The van der Waals surface area contributed by atoms with Crippen LogP contribution in [0.15, 0.2) is 24.5 Å². The number of benzene rings is 1. The molecular formula is C19H19ClF3N5. The monoisotopic (exact) mass is 409 g/mol. The second-order valence-corrected chi connectivity index (χ2v) is 8.18. The molecule has 3 saturated heterocycles. The van der Waals surface area contributed by atoms with Crippen molar-refractivity contribution < 1.29 is 13.2 Å². The first-order valence-electron chi connectivity index (χ1n) is 9.22. The lowest BCUT2D eigenvalue weighted by Crippen LogP contribution is -2.66. The van der Waals surface area contributed by atoms with Crippen LogP contribution in [0, 0.1) is 0 Å². The predicted molar refractivity (Wildman–Crippen MR) is 101 cm³/mol. The molecule has 0 aliphatic carbocycles. The Morgan fingerprint density at radius 2 is 1.93 bits per heavy atom. The summed E-state index contributed by atoms with van der Waals surface area (Å²) in [6.07, 6.45) is -1.81. The number of hydrogen-bond donors (Lipinski definition) is 0.